The van der Waals surface area contributed by atoms with E-state index in [1.807, 2.05) is 13.8 Å². The van der Waals surface area contributed by atoms with Crippen LogP contribution in [-0.2, 0) is 16.7 Å². The first-order valence-electron chi connectivity index (χ1n) is 8.17. The van der Waals surface area contributed by atoms with E-state index in [1.165, 1.54) is 0 Å². The number of carbonyl (C=O) groups excluding carboxylic acids is 1. The van der Waals surface area contributed by atoms with Crippen LogP contribution in [0.4, 0.5) is 0 Å². The van der Waals surface area contributed by atoms with Crippen molar-refractivity contribution in [2.75, 3.05) is 12.8 Å². The molecule has 0 saturated carbocycles. The highest BCUT2D eigenvalue weighted by Crippen LogP contribution is 2.18. The van der Waals surface area contributed by atoms with E-state index in [2.05, 4.69) is 0 Å². The zero-order valence-electron chi connectivity index (χ0n) is 15.0. The molecule has 0 heterocycles. The van der Waals surface area contributed by atoms with Gasteiger partial charge in [0.2, 0.25) is 0 Å². The highest BCUT2D eigenvalue weighted by atomic mass is 35.5. The summed E-state index contributed by atoms with van der Waals surface area (Å²) in [6.45, 7) is 5.11. The van der Waals surface area contributed by atoms with Crippen molar-refractivity contribution in [1.29, 1.82) is 0 Å². The maximum absolute atomic E-state index is 12.8. The SMILES string of the molecule is CC(C)CN(Cc1ccc(OS(C)(=O)=O)cc1)C(=O)c1ccc(Cl)cc1. The van der Waals surface area contributed by atoms with E-state index in [9.17, 15) is 13.2 Å². The fraction of sp³-hybridized carbons (Fsp3) is 0.316. The molecule has 0 bridgehead atoms. The van der Waals surface area contributed by atoms with Gasteiger partial charge in [-0.3, -0.25) is 4.79 Å². The number of rotatable bonds is 7. The molecule has 2 rings (SSSR count). The smallest absolute Gasteiger partial charge is 0.306 e. The Kier molecular flexibility index (Phi) is 6.67. The average Bonchev–Trinajstić information content (AvgIpc) is 2.54. The van der Waals surface area contributed by atoms with Gasteiger partial charge in [-0.05, 0) is 47.9 Å². The Balaban J connectivity index is 2.17. The minimum absolute atomic E-state index is 0.0770. The van der Waals surface area contributed by atoms with Gasteiger partial charge in [0, 0.05) is 23.7 Å². The van der Waals surface area contributed by atoms with Crippen LogP contribution < -0.4 is 4.18 Å². The van der Waals surface area contributed by atoms with E-state index in [0.29, 0.717) is 29.6 Å². The third-order valence-electron chi connectivity index (χ3n) is 3.51. The number of benzene rings is 2. The fourth-order valence-corrected chi connectivity index (χ4v) is 3.07. The number of amides is 1. The summed E-state index contributed by atoms with van der Waals surface area (Å²) in [5.41, 5.74) is 1.46. The predicted octanol–water partition coefficient (Wildman–Crippen LogP) is 3.98. The molecule has 0 saturated heterocycles. The lowest BCUT2D eigenvalue weighted by Crippen LogP contribution is -2.33. The molecule has 0 aliphatic rings. The Morgan fingerprint density at radius 2 is 1.65 bits per heavy atom. The number of hydrogen-bond acceptors (Lipinski definition) is 4. The highest BCUT2D eigenvalue weighted by molar-refractivity contribution is 7.86. The van der Waals surface area contributed by atoms with Crippen molar-refractivity contribution >= 4 is 27.6 Å². The molecule has 2 aromatic rings. The van der Waals surface area contributed by atoms with Gasteiger partial charge in [0.15, 0.2) is 0 Å². The van der Waals surface area contributed by atoms with Crippen molar-refractivity contribution < 1.29 is 17.4 Å². The summed E-state index contributed by atoms with van der Waals surface area (Å²) >= 11 is 5.89. The summed E-state index contributed by atoms with van der Waals surface area (Å²) in [6.07, 6.45) is 0.996. The first kappa shape index (κ1) is 20.3. The van der Waals surface area contributed by atoms with Crippen LogP contribution in [0.15, 0.2) is 48.5 Å². The fourth-order valence-electron chi connectivity index (χ4n) is 2.48. The number of hydrogen-bond donors (Lipinski definition) is 0. The van der Waals surface area contributed by atoms with Gasteiger partial charge >= 0.3 is 10.1 Å². The first-order chi connectivity index (χ1) is 12.1. The van der Waals surface area contributed by atoms with Crippen molar-refractivity contribution in [2.45, 2.75) is 20.4 Å². The molecule has 0 N–H and O–H groups in total. The number of carbonyl (C=O) groups is 1. The third-order valence-corrected chi connectivity index (χ3v) is 4.26. The van der Waals surface area contributed by atoms with Crippen LogP contribution >= 0.6 is 11.6 Å². The molecule has 5 nitrogen and oxygen atoms in total. The Morgan fingerprint density at radius 3 is 2.15 bits per heavy atom. The molecule has 0 aliphatic carbocycles. The molecule has 0 radical (unpaired) electrons. The Bertz CT molecular complexity index is 846. The Morgan fingerprint density at radius 1 is 1.08 bits per heavy atom. The summed E-state index contributed by atoms with van der Waals surface area (Å²) in [4.78, 5) is 14.6. The molecule has 0 aromatic heterocycles. The summed E-state index contributed by atoms with van der Waals surface area (Å²) in [5, 5.41) is 0.582. The molecule has 140 valence electrons. The zero-order chi connectivity index (χ0) is 19.3. The summed E-state index contributed by atoms with van der Waals surface area (Å²) in [6, 6.07) is 13.5. The summed E-state index contributed by atoms with van der Waals surface area (Å²) in [5.74, 6) is 0.474. The standard InChI is InChI=1S/C19H22ClNO4S/c1-14(2)12-21(19(22)16-6-8-17(20)9-7-16)13-15-4-10-18(11-5-15)25-26(3,23)24/h4-11,14H,12-13H2,1-3H3. The lowest BCUT2D eigenvalue weighted by Gasteiger charge is -2.25. The van der Waals surface area contributed by atoms with E-state index < -0.39 is 10.1 Å². The molecular weight excluding hydrogens is 374 g/mol. The maximum atomic E-state index is 12.8. The third kappa shape index (κ3) is 6.35. The lowest BCUT2D eigenvalue weighted by molar-refractivity contribution is 0.0722. The highest BCUT2D eigenvalue weighted by Gasteiger charge is 2.17. The minimum Gasteiger partial charge on any atom is -0.383 e. The van der Waals surface area contributed by atoms with E-state index >= 15 is 0 Å². The van der Waals surface area contributed by atoms with E-state index in [0.717, 1.165) is 11.8 Å². The summed E-state index contributed by atoms with van der Waals surface area (Å²) < 4.78 is 27.2. The van der Waals surface area contributed by atoms with E-state index in [4.69, 9.17) is 15.8 Å². The number of halogens is 1. The summed E-state index contributed by atoms with van der Waals surface area (Å²) in [7, 11) is -3.56. The second kappa shape index (κ2) is 8.56. The van der Waals surface area contributed by atoms with Crippen molar-refractivity contribution in [1.82, 2.24) is 4.90 Å². The average molecular weight is 396 g/mol. The van der Waals surface area contributed by atoms with Crippen molar-refractivity contribution in [2.24, 2.45) is 5.92 Å². The quantitative estimate of drug-likeness (QED) is 0.665. The normalized spacial score (nSPS) is 11.4. The topological polar surface area (TPSA) is 63.7 Å². The molecule has 1 amide bonds. The first-order valence-corrected chi connectivity index (χ1v) is 10.4. The molecule has 0 atom stereocenters. The molecule has 0 fully saturated rings. The van der Waals surface area contributed by atoms with Crippen LogP contribution in [-0.4, -0.2) is 32.0 Å². The molecule has 0 unspecified atom stereocenters. The van der Waals surface area contributed by atoms with Gasteiger partial charge < -0.3 is 9.08 Å². The number of nitrogens with zero attached hydrogens (tertiary/aromatic N) is 1. The molecule has 26 heavy (non-hydrogen) atoms. The van der Waals surface area contributed by atoms with Gasteiger partial charge in [-0.25, -0.2) is 0 Å². The molecule has 0 aliphatic heterocycles. The Hall–Kier alpha value is -2.05. The monoisotopic (exact) mass is 395 g/mol. The molecular formula is C19H22ClNO4S. The van der Waals surface area contributed by atoms with Gasteiger partial charge in [-0.15, -0.1) is 0 Å². The zero-order valence-corrected chi connectivity index (χ0v) is 16.5. The van der Waals surface area contributed by atoms with Crippen molar-refractivity contribution in [3.8, 4) is 5.75 Å². The molecule has 2 aromatic carbocycles. The predicted molar refractivity (Wildman–Crippen MR) is 103 cm³/mol. The lowest BCUT2D eigenvalue weighted by atomic mass is 10.1. The second-order valence-electron chi connectivity index (χ2n) is 6.52. The van der Waals surface area contributed by atoms with Gasteiger partial charge in [0.1, 0.15) is 5.75 Å². The second-order valence-corrected chi connectivity index (χ2v) is 8.53. The van der Waals surface area contributed by atoms with Gasteiger partial charge in [0.25, 0.3) is 5.91 Å². The van der Waals surface area contributed by atoms with Crippen LogP contribution in [0.25, 0.3) is 0 Å². The van der Waals surface area contributed by atoms with Crippen LogP contribution in [0.3, 0.4) is 0 Å². The van der Waals surface area contributed by atoms with Crippen LogP contribution in [0, 0.1) is 5.92 Å². The largest absolute Gasteiger partial charge is 0.383 e. The van der Waals surface area contributed by atoms with Crippen LogP contribution in [0.2, 0.25) is 5.02 Å². The maximum Gasteiger partial charge on any atom is 0.306 e. The van der Waals surface area contributed by atoms with Crippen molar-refractivity contribution in [3.05, 3.63) is 64.7 Å². The van der Waals surface area contributed by atoms with Gasteiger partial charge in [-0.2, -0.15) is 8.42 Å². The Labute approximate surface area is 159 Å². The van der Waals surface area contributed by atoms with Crippen molar-refractivity contribution in [3.63, 3.8) is 0 Å². The van der Waals surface area contributed by atoms with Crippen LogP contribution in [0.1, 0.15) is 29.8 Å². The van der Waals surface area contributed by atoms with Gasteiger partial charge in [-0.1, -0.05) is 37.6 Å². The van der Waals surface area contributed by atoms with Gasteiger partial charge in [0.05, 0.1) is 6.26 Å². The molecule has 7 heteroatoms. The minimum atomic E-state index is -3.56. The van der Waals surface area contributed by atoms with E-state index in [-0.39, 0.29) is 11.7 Å². The van der Waals surface area contributed by atoms with E-state index in [1.54, 1.807) is 53.4 Å². The molecule has 0 spiro atoms. The van der Waals surface area contributed by atoms with Crippen LogP contribution in [0.5, 0.6) is 5.75 Å².